The van der Waals surface area contributed by atoms with Gasteiger partial charge in [-0.2, -0.15) is 8.78 Å². The molecule has 1 fully saturated rings. The maximum absolute atomic E-state index is 13.1. The summed E-state index contributed by atoms with van der Waals surface area (Å²) in [6.07, 6.45) is 3.79. The van der Waals surface area contributed by atoms with Gasteiger partial charge in [0.05, 0.1) is 36.3 Å². The summed E-state index contributed by atoms with van der Waals surface area (Å²) in [4.78, 5) is 24.1. The third kappa shape index (κ3) is 4.23. The summed E-state index contributed by atoms with van der Waals surface area (Å²) in [6, 6.07) is 11.9. The van der Waals surface area contributed by atoms with Gasteiger partial charge in [0.2, 0.25) is 5.95 Å². The Morgan fingerprint density at radius 2 is 1.92 bits per heavy atom. The number of anilines is 1. The van der Waals surface area contributed by atoms with Crippen molar-refractivity contribution in [3.8, 4) is 16.9 Å². The molecular weight excluding hydrogens is 484 g/mol. The van der Waals surface area contributed by atoms with Crippen LogP contribution in [0.5, 0.6) is 5.75 Å². The van der Waals surface area contributed by atoms with E-state index in [1.54, 1.807) is 41.3 Å². The number of aliphatic hydroxyl groups is 1. The lowest BCUT2D eigenvalue weighted by molar-refractivity contribution is -0.0507. The van der Waals surface area contributed by atoms with Crippen LogP contribution in [0.15, 0.2) is 59.7 Å². The fourth-order valence-corrected chi connectivity index (χ4v) is 5.25. The van der Waals surface area contributed by atoms with Gasteiger partial charge in [0.25, 0.3) is 5.56 Å². The Balaban J connectivity index is 1.36. The maximum Gasteiger partial charge on any atom is 0.387 e. The summed E-state index contributed by atoms with van der Waals surface area (Å²) < 4.78 is 39.9. The Hall–Kier alpha value is -3.83. The predicted molar refractivity (Wildman–Crippen MR) is 132 cm³/mol. The highest BCUT2D eigenvalue weighted by atomic mass is 19.3. The SMILES string of the molecule is O=c1c2ccc(-c3cnc(N4CCO[C@@H](CO)C4)nc3)cc2n2n1CC[C@H]2c1ccccc1OC(F)F. The van der Waals surface area contributed by atoms with E-state index < -0.39 is 6.61 Å². The Morgan fingerprint density at radius 3 is 2.70 bits per heavy atom. The van der Waals surface area contributed by atoms with Crippen molar-refractivity contribution in [2.24, 2.45) is 0 Å². The number of hydrogen-bond acceptors (Lipinski definition) is 7. The van der Waals surface area contributed by atoms with Gasteiger partial charge in [-0.15, -0.1) is 0 Å². The van der Waals surface area contributed by atoms with Crippen molar-refractivity contribution in [1.82, 2.24) is 19.3 Å². The van der Waals surface area contributed by atoms with Crippen LogP contribution in [-0.2, 0) is 11.3 Å². The van der Waals surface area contributed by atoms with Crippen LogP contribution < -0.4 is 15.2 Å². The summed E-state index contributed by atoms with van der Waals surface area (Å²) in [5.74, 6) is 0.667. The molecule has 4 aromatic rings. The van der Waals surface area contributed by atoms with E-state index >= 15 is 0 Å². The van der Waals surface area contributed by atoms with Gasteiger partial charge in [-0.05, 0) is 30.2 Å². The molecule has 2 atom stereocenters. The van der Waals surface area contributed by atoms with E-state index in [2.05, 4.69) is 9.97 Å². The number of aromatic nitrogens is 4. The lowest BCUT2D eigenvalue weighted by atomic mass is 10.0. The average molecular weight is 510 g/mol. The molecule has 4 heterocycles. The first-order chi connectivity index (χ1) is 18.0. The molecule has 2 aliphatic heterocycles. The van der Waals surface area contributed by atoms with Gasteiger partial charge in [-0.1, -0.05) is 24.3 Å². The number of ether oxygens (including phenoxy) is 2. The molecule has 2 aliphatic rings. The number of alkyl halides is 2. The van der Waals surface area contributed by atoms with E-state index in [-0.39, 0.29) is 30.1 Å². The number of aliphatic hydroxyl groups excluding tert-OH is 1. The molecule has 6 rings (SSSR count). The normalized spacial score (nSPS) is 19.5. The Kier molecular flexibility index (Phi) is 6.09. The number of halogens is 2. The second-order valence-electron chi connectivity index (χ2n) is 9.12. The van der Waals surface area contributed by atoms with Crippen LogP contribution in [-0.4, -0.2) is 63.5 Å². The highest BCUT2D eigenvalue weighted by Gasteiger charge is 2.30. The van der Waals surface area contributed by atoms with Gasteiger partial charge in [0.15, 0.2) is 0 Å². The molecule has 9 nitrogen and oxygen atoms in total. The lowest BCUT2D eigenvalue weighted by Gasteiger charge is -2.31. The van der Waals surface area contributed by atoms with Gasteiger partial charge in [-0.25, -0.2) is 14.6 Å². The van der Waals surface area contributed by atoms with E-state index in [9.17, 15) is 18.7 Å². The molecule has 2 aromatic carbocycles. The molecule has 1 saturated heterocycles. The largest absolute Gasteiger partial charge is 0.434 e. The molecule has 37 heavy (non-hydrogen) atoms. The van der Waals surface area contributed by atoms with E-state index in [0.717, 1.165) is 11.1 Å². The molecule has 0 amide bonds. The number of fused-ring (bicyclic) bond motifs is 3. The summed E-state index contributed by atoms with van der Waals surface area (Å²) in [5.41, 5.74) is 2.81. The Labute approximate surface area is 210 Å². The zero-order valence-corrected chi connectivity index (χ0v) is 19.8. The molecular formula is C26H25F2N5O4. The molecule has 192 valence electrons. The number of morpholine rings is 1. The van der Waals surface area contributed by atoms with Gasteiger partial charge in [0, 0.05) is 43.2 Å². The first kappa shape index (κ1) is 23.6. The Bertz CT molecular complexity index is 1490. The van der Waals surface area contributed by atoms with Crippen LogP contribution in [0.1, 0.15) is 18.0 Å². The zero-order chi connectivity index (χ0) is 25.5. The molecule has 2 aromatic heterocycles. The average Bonchev–Trinajstić information content (AvgIpc) is 3.48. The number of nitrogens with zero attached hydrogens (tertiary/aromatic N) is 5. The van der Waals surface area contributed by atoms with E-state index in [0.29, 0.717) is 55.1 Å². The monoisotopic (exact) mass is 509 g/mol. The molecule has 0 radical (unpaired) electrons. The molecule has 11 heteroatoms. The maximum atomic E-state index is 13.1. The second-order valence-corrected chi connectivity index (χ2v) is 9.12. The van der Waals surface area contributed by atoms with Crippen molar-refractivity contribution in [3.05, 3.63) is 70.8 Å². The van der Waals surface area contributed by atoms with Crippen LogP contribution >= 0.6 is 0 Å². The molecule has 0 saturated carbocycles. The standard InChI is InChI=1S/C26H25F2N5O4/c27-25(28)37-23-4-2-1-3-19(23)21-7-8-32-24(35)20-6-5-16(11-22(20)33(21)32)17-12-29-26(30-13-17)31-9-10-36-18(14-31)15-34/h1-6,11-13,18,21,25,34H,7-10,14-15H2/t18-,21+/m1/s1. The van der Waals surface area contributed by atoms with Crippen molar-refractivity contribution in [3.63, 3.8) is 0 Å². The van der Waals surface area contributed by atoms with Gasteiger partial charge >= 0.3 is 6.61 Å². The first-order valence-corrected chi connectivity index (χ1v) is 12.1. The minimum Gasteiger partial charge on any atom is -0.434 e. The summed E-state index contributed by atoms with van der Waals surface area (Å²) in [7, 11) is 0. The van der Waals surface area contributed by atoms with Gasteiger partial charge < -0.3 is 19.5 Å². The first-order valence-electron chi connectivity index (χ1n) is 12.1. The van der Waals surface area contributed by atoms with E-state index in [1.807, 2.05) is 21.7 Å². The minimum atomic E-state index is -2.94. The summed E-state index contributed by atoms with van der Waals surface area (Å²) in [6.45, 7) is -0.876. The van der Waals surface area contributed by atoms with Crippen molar-refractivity contribution in [2.45, 2.75) is 31.7 Å². The van der Waals surface area contributed by atoms with Gasteiger partial charge in [-0.3, -0.25) is 9.48 Å². The van der Waals surface area contributed by atoms with Crippen LogP contribution in [0, 0.1) is 0 Å². The molecule has 0 aliphatic carbocycles. The van der Waals surface area contributed by atoms with Gasteiger partial charge in [0.1, 0.15) is 5.75 Å². The zero-order valence-electron chi connectivity index (χ0n) is 19.8. The summed E-state index contributed by atoms with van der Waals surface area (Å²) >= 11 is 0. The van der Waals surface area contributed by atoms with Crippen LogP contribution in [0.25, 0.3) is 22.0 Å². The van der Waals surface area contributed by atoms with Crippen LogP contribution in [0.4, 0.5) is 14.7 Å². The topological polar surface area (TPSA) is 94.6 Å². The smallest absolute Gasteiger partial charge is 0.387 e. The van der Waals surface area contributed by atoms with Crippen LogP contribution in [0.3, 0.4) is 0 Å². The van der Waals surface area contributed by atoms with Crippen molar-refractivity contribution in [1.29, 1.82) is 0 Å². The van der Waals surface area contributed by atoms with E-state index in [4.69, 9.17) is 9.47 Å². The molecule has 1 N–H and O–H groups in total. The van der Waals surface area contributed by atoms with Crippen LogP contribution in [0.2, 0.25) is 0 Å². The van der Waals surface area contributed by atoms with Crippen molar-refractivity contribution in [2.75, 3.05) is 31.2 Å². The van der Waals surface area contributed by atoms with Crippen molar-refractivity contribution < 1.29 is 23.4 Å². The highest BCUT2D eigenvalue weighted by molar-refractivity contribution is 5.84. The number of benzene rings is 2. The van der Waals surface area contributed by atoms with Crippen molar-refractivity contribution >= 4 is 16.9 Å². The quantitative estimate of drug-likeness (QED) is 0.427. The molecule has 0 spiro atoms. The predicted octanol–water partition coefficient (Wildman–Crippen LogP) is 3.05. The number of rotatable bonds is 6. The molecule has 0 bridgehead atoms. The number of hydrogen-bond donors (Lipinski definition) is 1. The van der Waals surface area contributed by atoms with E-state index in [1.165, 1.54) is 6.07 Å². The summed E-state index contributed by atoms with van der Waals surface area (Å²) in [5, 5.41) is 9.95. The third-order valence-corrected chi connectivity index (χ3v) is 6.97. The lowest BCUT2D eigenvalue weighted by Crippen LogP contribution is -2.44. The fraction of sp³-hybridized carbons (Fsp3) is 0.346. The minimum absolute atomic E-state index is 0.0598. The second kappa shape index (κ2) is 9.56. The third-order valence-electron chi connectivity index (χ3n) is 6.97. The Morgan fingerprint density at radius 1 is 1.11 bits per heavy atom. The number of para-hydroxylation sites is 1. The molecule has 0 unspecified atom stereocenters. The fourth-order valence-electron chi connectivity index (χ4n) is 5.25. The highest BCUT2D eigenvalue weighted by Crippen LogP contribution is 2.37.